The highest BCUT2D eigenvalue weighted by Gasteiger charge is 2.53. The number of hydrogen-bond acceptors (Lipinski definition) is 18. The molecule has 17 unspecified atom stereocenters. The van der Waals surface area contributed by atoms with Crippen LogP contribution < -0.4 is 5.32 Å². The van der Waals surface area contributed by atoms with Crippen LogP contribution in [0.4, 0.5) is 0 Å². The Labute approximate surface area is 392 Å². The number of carbonyl (C=O) groups excluding carboxylic acids is 1. The minimum absolute atomic E-state index is 0.248. The SMILES string of the molecule is CCCCCCCCCCCCCCC(O)C(COC1OC(CO)C(OC2OC(CO)C(OC3OC(CO)C(O)C(O)C3O)C(O)C2O)C(O)C1O)NC(=O)CCCCCCCCCCC. The molecule has 0 aromatic rings. The third-order valence-electron chi connectivity index (χ3n) is 13.2. The summed E-state index contributed by atoms with van der Waals surface area (Å²) in [5.74, 6) is -0.248. The first-order chi connectivity index (χ1) is 31.8. The van der Waals surface area contributed by atoms with Crippen LogP contribution in [0.5, 0.6) is 0 Å². The molecule has 1 amide bonds. The van der Waals surface area contributed by atoms with Gasteiger partial charge in [-0.2, -0.15) is 0 Å². The quantitative estimate of drug-likeness (QED) is 0.0399. The molecule has 3 aliphatic heterocycles. The molecule has 19 heteroatoms. The molecule has 0 saturated carbocycles. The van der Waals surface area contributed by atoms with Crippen molar-refractivity contribution in [2.45, 2.75) is 266 Å². The van der Waals surface area contributed by atoms with Gasteiger partial charge in [0.1, 0.15) is 73.2 Å². The molecule has 0 radical (unpaired) electrons. The Kier molecular flexibility index (Phi) is 29.9. The van der Waals surface area contributed by atoms with Crippen LogP contribution in [0.1, 0.15) is 162 Å². The zero-order valence-corrected chi connectivity index (χ0v) is 39.7. The van der Waals surface area contributed by atoms with Crippen LogP contribution in [-0.2, 0) is 33.2 Å². The highest BCUT2D eigenvalue weighted by Crippen LogP contribution is 2.33. The Hall–Kier alpha value is -1.21. The van der Waals surface area contributed by atoms with Crippen molar-refractivity contribution in [3.63, 3.8) is 0 Å². The van der Waals surface area contributed by atoms with Gasteiger partial charge in [0, 0.05) is 6.42 Å². The number of amides is 1. The summed E-state index contributed by atoms with van der Waals surface area (Å²) < 4.78 is 34.1. The Morgan fingerprint density at radius 3 is 1.32 bits per heavy atom. The van der Waals surface area contributed by atoms with Gasteiger partial charge in [-0.25, -0.2) is 0 Å². The molecule has 0 aliphatic carbocycles. The third-order valence-corrected chi connectivity index (χ3v) is 13.2. The monoisotopic (exact) mass is 956 g/mol. The molecule has 3 saturated heterocycles. The number of aliphatic hydroxyl groups excluding tert-OH is 11. The van der Waals surface area contributed by atoms with Gasteiger partial charge < -0.3 is 89.9 Å². The molecule has 0 spiro atoms. The summed E-state index contributed by atoms with van der Waals surface area (Å²) in [5.41, 5.74) is 0. The second-order valence-electron chi connectivity index (χ2n) is 18.6. The van der Waals surface area contributed by atoms with E-state index in [1.807, 2.05) is 0 Å². The van der Waals surface area contributed by atoms with E-state index in [0.717, 1.165) is 44.9 Å². The summed E-state index contributed by atoms with van der Waals surface area (Å²) in [4.78, 5) is 13.2. The van der Waals surface area contributed by atoms with Crippen molar-refractivity contribution < 1.29 is 89.4 Å². The highest BCUT2D eigenvalue weighted by atomic mass is 16.8. The molecule has 3 aliphatic rings. The van der Waals surface area contributed by atoms with Crippen molar-refractivity contribution in [3.05, 3.63) is 0 Å². The normalized spacial score (nSPS) is 33.7. The first-order valence-electron chi connectivity index (χ1n) is 25.3. The average Bonchev–Trinajstić information content (AvgIpc) is 3.31. The molecule has 3 fully saturated rings. The number of nitrogens with one attached hydrogen (secondary N) is 1. The van der Waals surface area contributed by atoms with Gasteiger partial charge in [-0.1, -0.05) is 142 Å². The molecule has 12 N–H and O–H groups in total. The lowest BCUT2D eigenvalue weighted by molar-refractivity contribution is -0.379. The first-order valence-corrected chi connectivity index (χ1v) is 25.3. The van der Waals surface area contributed by atoms with Crippen molar-refractivity contribution in [1.82, 2.24) is 5.32 Å². The third kappa shape index (κ3) is 19.5. The van der Waals surface area contributed by atoms with E-state index in [1.165, 1.54) is 83.5 Å². The summed E-state index contributed by atoms with van der Waals surface area (Å²) in [6.45, 7) is 1.72. The number of carbonyl (C=O) groups is 1. The maximum Gasteiger partial charge on any atom is 0.220 e. The second-order valence-corrected chi connectivity index (χ2v) is 18.6. The Bertz CT molecular complexity index is 1240. The van der Waals surface area contributed by atoms with Gasteiger partial charge in [0.05, 0.1) is 38.6 Å². The Balaban J connectivity index is 1.56. The lowest BCUT2D eigenvalue weighted by atomic mass is 9.96. The van der Waals surface area contributed by atoms with Crippen LogP contribution in [0.15, 0.2) is 0 Å². The molecule has 0 bridgehead atoms. The molecule has 390 valence electrons. The smallest absolute Gasteiger partial charge is 0.220 e. The average molecular weight is 956 g/mol. The lowest BCUT2D eigenvalue weighted by Crippen LogP contribution is -2.66. The molecule has 3 heterocycles. The van der Waals surface area contributed by atoms with Crippen molar-refractivity contribution >= 4 is 5.91 Å². The highest BCUT2D eigenvalue weighted by molar-refractivity contribution is 5.76. The van der Waals surface area contributed by atoms with Crippen molar-refractivity contribution in [3.8, 4) is 0 Å². The van der Waals surface area contributed by atoms with Gasteiger partial charge in [-0.05, 0) is 12.8 Å². The molecule has 17 atom stereocenters. The second kappa shape index (κ2) is 33.4. The number of ether oxygens (including phenoxy) is 6. The maximum atomic E-state index is 13.2. The van der Waals surface area contributed by atoms with Crippen LogP contribution in [0, 0.1) is 0 Å². The fourth-order valence-electron chi connectivity index (χ4n) is 8.90. The van der Waals surface area contributed by atoms with E-state index < -0.39 is 124 Å². The van der Waals surface area contributed by atoms with Gasteiger partial charge >= 0.3 is 0 Å². The largest absolute Gasteiger partial charge is 0.394 e. The predicted octanol–water partition coefficient (Wildman–Crippen LogP) is 1.31. The minimum atomic E-state index is -1.97. The fourth-order valence-corrected chi connectivity index (χ4v) is 8.90. The molecule has 3 rings (SSSR count). The maximum absolute atomic E-state index is 13.2. The number of hydrogen-bond donors (Lipinski definition) is 12. The topological polar surface area (TPSA) is 307 Å². The van der Waals surface area contributed by atoms with E-state index in [4.69, 9.17) is 28.4 Å². The van der Waals surface area contributed by atoms with Gasteiger partial charge in [-0.15, -0.1) is 0 Å². The minimum Gasteiger partial charge on any atom is -0.394 e. The van der Waals surface area contributed by atoms with E-state index in [-0.39, 0.29) is 18.9 Å². The summed E-state index contributed by atoms with van der Waals surface area (Å²) in [6, 6.07) is -0.876. The van der Waals surface area contributed by atoms with Crippen LogP contribution in [-0.4, -0.2) is 193 Å². The van der Waals surface area contributed by atoms with Gasteiger partial charge in [-0.3, -0.25) is 4.79 Å². The van der Waals surface area contributed by atoms with Crippen molar-refractivity contribution in [1.29, 1.82) is 0 Å². The van der Waals surface area contributed by atoms with E-state index in [1.54, 1.807) is 0 Å². The van der Waals surface area contributed by atoms with Crippen molar-refractivity contribution in [2.75, 3.05) is 26.4 Å². The molecular weight excluding hydrogens is 867 g/mol. The van der Waals surface area contributed by atoms with Crippen LogP contribution >= 0.6 is 0 Å². The van der Waals surface area contributed by atoms with Crippen molar-refractivity contribution in [2.24, 2.45) is 0 Å². The standard InChI is InChI=1S/C47H89NO18/c1-3-5-7-9-11-13-14-15-17-18-20-22-24-31(52)30(48-35(53)25-23-21-19-16-12-10-8-6-4-2)29-61-45-41(59)38(56)43(33(27-50)63-45)66-47-42(60)39(57)44(34(28-51)64-47)65-46-40(58)37(55)36(54)32(26-49)62-46/h30-34,36-47,49-52,54-60H,3-29H2,1-2H3,(H,48,53). The first kappa shape index (κ1) is 59.1. The van der Waals surface area contributed by atoms with E-state index in [9.17, 15) is 61.0 Å². The number of unbranched alkanes of at least 4 members (excludes halogenated alkanes) is 19. The molecule has 0 aromatic heterocycles. The zero-order valence-electron chi connectivity index (χ0n) is 39.7. The van der Waals surface area contributed by atoms with Crippen LogP contribution in [0.3, 0.4) is 0 Å². The Morgan fingerprint density at radius 1 is 0.485 bits per heavy atom. The van der Waals surface area contributed by atoms with Gasteiger partial charge in [0.15, 0.2) is 18.9 Å². The van der Waals surface area contributed by atoms with Crippen LogP contribution in [0.25, 0.3) is 0 Å². The fraction of sp³-hybridized carbons (Fsp3) is 0.979. The van der Waals surface area contributed by atoms with Gasteiger partial charge in [0.2, 0.25) is 5.91 Å². The number of rotatable bonds is 35. The van der Waals surface area contributed by atoms with E-state index >= 15 is 0 Å². The summed E-state index contributed by atoms with van der Waals surface area (Å²) >= 11 is 0. The zero-order chi connectivity index (χ0) is 48.4. The summed E-state index contributed by atoms with van der Waals surface area (Å²) in [7, 11) is 0. The number of aliphatic hydroxyl groups is 11. The molecule has 0 aromatic carbocycles. The van der Waals surface area contributed by atoms with E-state index in [2.05, 4.69) is 19.2 Å². The van der Waals surface area contributed by atoms with E-state index in [0.29, 0.717) is 12.8 Å². The molecule has 19 nitrogen and oxygen atoms in total. The summed E-state index contributed by atoms with van der Waals surface area (Å²) in [5, 5.41) is 119. The predicted molar refractivity (Wildman–Crippen MR) is 240 cm³/mol. The molecular formula is C47H89NO18. The molecule has 66 heavy (non-hydrogen) atoms. The van der Waals surface area contributed by atoms with Crippen LogP contribution in [0.2, 0.25) is 0 Å². The summed E-state index contributed by atoms with van der Waals surface area (Å²) in [6.07, 6.45) is -1.99. The Morgan fingerprint density at radius 2 is 0.864 bits per heavy atom. The van der Waals surface area contributed by atoms with Gasteiger partial charge in [0.25, 0.3) is 0 Å². The lowest BCUT2D eigenvalue weighted by Gasteiger charge is -2.48.